The Kier molecular flexibility index (Phi) is 5.52. The van der Waals surface area contributed by atoms with Crippen molar-refractivity contribution in [3.05, 3.63) is 82.9 Å². The van der Waals surface area contributed by atoms with E-state index in [1.807, 2.05) is 60.0 Å². The normalized spacial score (nSPS) is 12.0. The first-order valence-corrected chi connectivity index (χ1v) is 11.2. The fourth-order valence-electron chi connectivity index (χ4n) is 3.94. The van der Waals surface area contributed by atoms with Crippen LogP contribution in [-0.4, -0.2) is 26.2 Å². The van der Waals surface area contributed by atoms with Crippen molar-refractivity contribution in [2.75, 3.05) is 0 Å². The molecule has 0 bridgehead atoms. The van der Waals surface area contributed by atoms with Gasteiger partial charge in [0.05, 0.1) is 22.3 Å². The Morgan fingerprint density at radius 2 is 1.76 bits per heavy atom. The number of hydrogen-bond acceptors (Lipinski definition) is 4. The zero-order valence-electron chi connectivity index (χ0n) is 18.3. The Morgan fingerprint density at radius 1 is 1.03 bits per heavy atom. The SMILES string of the molecule is CCc1ccc(/C(C)=N\NC(=O)Cn2c3ccc(Cl)cc3c3nc4ccccc4nc32)cc1. The Morgan fingerprint density at radius 3 is 2.48 bits per heavy atom. The fraction of sp³-hybridized carbons (Fsp3) is 0.154. The molecule has 0 spiro atoms. The lowest BCUT2D eigenvalue weighted by molar-refractivity contribution is -0.121. The van der Waals surface area contributed by atoms with E-state index in [4.69, 9.17) is 21.6 Å². The van der Waals surface area contributed by atoms with E-state index >= 15 is 0 Å². The molecule has 164 valence electrons. The summed E-state index contributed by atoms with van der Waals surface area (Å²) in [4.78, 5) is 22.5. The maximum atomic E-state index is 12.9. The van der Waals surface area contributed by atoms with Crippen molar-refractivity contribution in [1.29, 1.82) is 0 Å². The zero-order chi connectivity index (χ0) is 22.9. The number of hydrogen-bond donors (Lipinski definition) is 1. The number of hydrazone groups is 1. The Bertz CT molecular complexity index is 1540. The highest BCUT2D eigenvalue weighted by Crippen LogP contribution is 2.30. The summed E-state index contributed by atoms with van der Waals surface area (Å²) in [5.74, 6) is -0.247. The van der Waals surface area contributed by atoms with Crippen molar-refractivity contribution in [2.45, 2.75) is 26.8 Å². The monoisotopic (exact) mass is 455 g/mol. The van der Waals surface area contributed by atoms with Gasteiger partial charge >= 0.3 is 0 Å². The van der Waals surface area contributed by atoms with E-state index in [0.29, 0.717) is 10.7 Å². The van der Waals surface area contributed by atoms with Gasteiger partial charge in [-0.3, -0.25) is 4.79 Å². The number of nitrogens with zero attached hydrogens (tertiary/aromatic N) is 4. The summed E-state index contributed by atoms with van der Waals surface area (Å²) in [6.07, 6.45) is 0.982. The molecule has 33 heavy (non-hydrogen) atoms. The van der Waals surface area contributed by atoms with Gasteiger partial charge in [-0.1, -0.05) is 54.9 Å². The first-order chi connectivity index (χ1) is 16.0. The van der Waals surface area contributed by atoms with E-state index in [9.17, 15) is 4.79 Å². The summed E-state index contributed by atoms with van der Waals surface area (Å²) in [5.41, 5.74) is 9.41. The number of fused-ring (bicyclic) bond motifs is 4. The second-order valence-electron chi connectivity index (χ2n) is 7.91. The van der Waals surface area contributed by atoms with Crippen molar-refractivity contribution in [2.24, 2.45) is 5.10 Å². The van der Waals surface area contributed by atoms with Crippen molar-refractivity contribution in [1.82, 2.24) is 20.0 Å². The molecule has 5 aromatic rings. The van der Waals surface area contributed by atoms with Gasteiger partial charge < -0.3 is 4.57 Å². The number of aromatic nitrogens is 3. The molecule has 0 saturated carbocycles. The molecule has 6 nitrogen and oxygen atoms in total. The number of halogens is 1. The molecular formula is C26H22ClN5O. The quantitative estimate of drug-likeness (QED) is 0.281. The number of nitrogens with one attached hydrogen (secondary N) is 1. The van der Waals surface area contributed by atoms with Crippen LogP contribution < -0.4 is 5.43 Å². The van der Waals surface area contributed by atoms with Crippen LogP contribution in [0.25, 0.3) is 33.1 Å². The highest BCUT2D eigenvalue weighted by Gasteiger charge is 2.17. The highest BCUT2D eigenvalue weighted by atomic mass is 35.5. The van der Waals surface area contributed by atoms with Crippen LogP contribution in [0.4, 0.5) is 0 Å². The van der Waals surface area contributed by atoms with Crippen LogP contribution in [0.5, 0.6) is 0 Å². The second kappa shape index (κ2) is 8.64. The van der Waals surface area contributed by atoms with Crippen molar-refractivity contribution in [3.8, 4) is 0 Å². The number of carbonyl (C=O) groups is 1. The minimum absolute atomic E-state index is 0.0558. The van der Waals surface area contributed by atoms with E-state index in [-0.39, 0.29) is 12.5 Å². The predicted molar refractivity (Wildman–Crippen MR) is 134 cm³/mol. The number of rotatable bonds is 5. The Hall–Kier alpha value is -3.77. The van der Waals surface area contributed by atoms with E-state index < -0.39 is 0 Å². The van der Waals surface area contributed by atoms with E-state index in [0.717, 1.165) is 45.1 Å². The van der Waals surface area contributed by atoms with Crippen molar-refractivity contribution >= 4 is 56.3 Å². The molecule has 1 amide bonds. The van der Waals surface area contributed by atoms with Crippen LogP contribution in [0.3, 0.4) is 0 Å². The molecule has 0 unspecified atom stereocenters. The van der Waals surface area contributed by atoms with Gasteiger partial charge in [-0.05, 0) is 54.8 Å². The standard InChI is InChI=1S/C26H22ClN5O/c1-3-17-8-10-18(11-9-17)16(2)30-31-24(33)15-32-23-13-12-19(27)14-20(23)25-26(32)29-22-7-5-4-6-21(22)28-25/h4-14H,3,15H2,1-2H3,(H,31,33)/b30-16-. The third kappa shape index (κ3) is 4.05. The Balaban J connectivity index is 1.49. The lowest BCUT2D eigenvalue weighted by atomic mass is 10.1. The summed E-state index contributed by atoms with van der Waals surface area (Å²) in [5, 5.41) is 5.77. The van der Waals surface area contributed by atoms with Gasteiger partial charge in [0, 0.05) is 10.4 Å². The smallest absolute Gasteiger partial charge is 0.260 e. The number of para-hydroxylation sites is 2. The van der Waals surface area contributed by atoms with Crippen molar-refractivity contribution in [3.63, 3.8) is 0 Å². The average Bonchev–Trinajstić information content (AvgIpc) is 3.12. The van der Waals surface area contributed by atoms with Gasteiger partial charge in [0.2, 0.25) is 0 Å². The molecule has 1 N–H and O–H groups in total. The largest absolute Gasteiger partial charge is 0.314 e. The topological polar surface area (TPSA) is 72.2 Å². The molecule has 0 aliphatic heterocycles. The molecule has 0 fully saturated rings. The summed E-state index contributed by atoms with van der Waals surface area (Å²) >= 11 is 6.26. The maximum absolute atomic E-state index is 12.9. The highest BCUT2D eigenvalue weighted by molar-refractivity contribution is 6.31. The van der Waals surface area contributed by atoms with Crippen molar-refractivity contribution < 1.29 is 4.79 Å². The summed E-state index contributed by atoms with van der Waals surface area (Å²) in [6, 6.07) is 21.4. The number of carbonyl (C=O) groups excluding carboxylic acids is 1. The van der Waals surface area contributed by atoms with E-state index in [1.54, 1.807) is 6.07 Å². The predicted octanol–water partition coefficient (Wildman–Crippen LogP) is 5.49. The molecule has 0 saturated heterocycles. The molecule has 2 aromatic heterocycles. The number of amides is 1. The number of benzene rings is 3. The van der Waals surface area contributed by atoms with Gasteiger partial charge in [0.1, 0.15) is 12.1 Å². The van der Waals surface area contributed by atoms with Gasteiger partial charge in [-0.25, -0.2) is 15.4 Å². The molecule has 0 aliphatic carbocycles. The third-order valence-corrected chi connectivity index (χ3v) is 5.98. The zero-order valence-corrected chi connectivity index (χ0v) is 19.1. The van der Waals surface area contributed by atoms with Gasteiger partial charge in [0.15, 0.2) is 5.65 Å². The molecule has 0 atom stereocenters. The first kappa shape index (κ1) is 21.1. The van der Waals surface area contributed by atoms with Gasteiger partial charge in [0.25, 0.3) is 5.91 Å². The molecule has 3 aromatic carbocycles. The summed E-state index contributed by atoms with van der Waals surface area (Å²) in [7, 11) is 0. The van der Waals surface area contributed by atoms with Crippen LogP contribution in [-0.2, 0) is 17.8 Å². The lowest BCUT2D eigenvalue weighted by Gasteiger charge is -2.07. The van der Waals surface area contributed by atoms with Gasteiger partial charge in [-0.2, -0.15) is 5.10 Å². The summed E-state index contributed by atoms with van der Waals surface area (Å²) in [6.45, 7) is 4.05. The fourth-order valence-corrected chi connectivity index (χ4v) is 4.11. The first-order valence-electron chi connectivity index (χ1n) is 10.8. The summed E-state index contributed by atoms with van der Waals surface area (Å²) < 4.78 is 1.86. The minimum Gasteiger partial charge on any atom is -0.314 e. The number of aryl methyl sites for hydroxylation is 1. The molecule has 5 rings (SSSR count). The van der Waals surface area contributed by atoms with Crippen LogP contribution >= 0.6 is 11.6 Å². The second-order valence-corrected chi connectivity index (χ2v) is 8.35. The molecule has 2 heterocycles. The Labute approximate surface area is 195 Å². The lowest BCUT2D eigenvalue weighted by Crippen LogP contribution is -2.24. The van der Waals surface area contributed by atoms with E-state index in [1.165, 1.54) is 5.56 Å². The van der Waals surface area contributed by atoms with Crippen LogP contribution in [0, 0.1) is 0 Å². The molecule has 0 aliphatic rings. The third-order valence-electron chi connectivity index (χ3n) is 5.74. The van der Waals surface area contributed by atoms with Crippen LogP contribution in [0.2, 0.25) is 5.02 Å². The minimum atomic E-state index is -0.247. The molecule has 7 heteroatoms. The molecule has 0 radical (unpaired) electrons. The molecular weight excluding hydrogens is 434 g/mol. The maximum Gasteiger partial charge on any atom is 0.260 e. The van der Waals surface area contributed by atoms with E-state index in [2.05, 4.69) is 29.6 Å². The van der Waals surface area contributed by atoms with Crippen LogP contribution in [0.1, 0.15) is 25.0 Å². The van der Waals surface area contributed by atoms with Gasteiger partial charge in [-0.15, -0.1) is 0 Å². The van der Waals surface area contributed by atoms with Crippen LogP contribution in [0.15, 0.2) is 71.8 Å². The average molecular weight is 456 g/mol.